The van der Waals surface area contributed by atoms with Gasteiger partial charge in [-0.1, -0.05) is 18.2 Å². The topological polar surface area (TPSA) is 49.3 Å². The molecular weight excluding hydrogens is 264 g/mol. The maximum atomic E-state index is 13.5. The van der Waals surface area contributed by atoms with Crippen molar-refractivity contribution in [2.45, 2.75) is 25.4 Å². The lowest BCUT2D eigenvalue weighted by Crippen LogP contribution is -2.34. The van der Waals surface area contributed by atoms with E-state index in [1.54, 1.807) is 0 Å². The molecule has 1 aromatic carbocycles. The first-order valence-corrected chi connectivity index (χ1v) is 6.64. The third kappa shape index (κ3) is 3.42. The Hall–Kier alpha value is -1.75. The zero-order chi connectivity index (χ0) is 14.5. The van der Waals surface area contributed by atoms with Crippen LogP contribution in [0.2, 0.25) is 0 Å². The van der Waals surface area contributed by atoms with Crippen molar-refractivity contribution in [1.29, 1.82) is 0 Å². The number of carbonyl (C=O) groups excluding carboxylic acids is 1. The molecule has 0 saturated heterocycles. The van der Waals surface area contributed by atoms with Crippen LogP contribution in [0.1, 0.15) is 30.9 Å². The first-order valence-electron chi connectivity index (χ1n) is 6.64. The fourth-order valence-electron chi connectivity index (χ4n) is 2.30. The molecule has 1 aliphatic rings. The first kappa shape index (κ1) is 14.7. The third-order valence-corrected chi connectivity index (χ3v) is 3.44. The molecule has 0 bridgehead atoms. The lowest BCUT2D eigenvalue weighted by molar-refractivity contribution is -0.125. The average molecular weight is 281 g/mol. The van der Waals surface area contributed by atoms with Gasteiger partial charge in [-0.25, -0.2) is 8.78 Å². The monoisotopic (exact) mass is 281 g/mol. The molecule has 0 aromatic heterocycles. The third-order valence-electron chi connectivity index (χ3n) is 3.44. The second-order valence-corrected chi connectivity index (χ2v) is 4.88. The standard InChI is InChI=1S/C15H17F2NO2/c16-11-7-4-8-12(17)14(11)13(19)9-18-15(20)10-5-2-1-3-6-10/h1-2,4,7-8,10,13,19H,3,5-6,9H2,(H,18,20). The van der Waals surface area contributed by atoms with Gasteiger partial charge < -0.3 is 10.4 Å². The van der Waals surface area contributed by atoms with Crippen LogP contribution >= 0.6 is 0 Å². The van der Waals surface area contributed by atoms with Crippen molar-refractivity contribution in [1.82, 2.24) is 5.32 Å². The van der Waals surface area contributed by atoms with E-state index in [2.05, 4.69) is 5.32 Å². The van der Waals surface area contributed by atoms with Crippen molar-refractivity contribution in [2.75, 3.05) is 6.54 Å². The van der Waals surface area contributed by atoms with E-state index in [1.165, 1.54) is 6.07 Å². The number of hydrogen-bond donors (Lipinski definition) is 2. The van der Waals surface area contributed by atoms with Crippen LogP contribution in [0.3, 0.4) is 0 Å². The molecule has 0 spiro atoms. The van der Waals surface area contributed by atoms with Crippen LogP contribution in [-0.4, -0.2) is 17.6 Å². The summed E-state index contributed by atoms with van der Waals surface area (Å²) in [6.07, 6.45) is 4.85. The normalized spacial score (nSPS) is 19.6. The van der Waals surface area contributed by atoms with E-state index in [1.807, 2.05) is 12.2 Å². The Morgan fingerprint density at radius 2 is 2.05 bits per heavy atom. The van der Waals surface area contributed by atoms with Gasteiger partial charge in [-0.15, -0.1) is 0 Å². The average Bonchev–Trinajstić information content (AvgIpc) is 2.45. The fraction of sp³-hybridized carbons (Fsp3) is 0.400. The van der Waals surface area contributed by atoms with Gasteiger partial charge >= 0.3 is 0 Å². The Kier molecular flexibility index (Phi) is 4.84. The number of nitrogens with one attached hydrogen (secondary N) is 1. The van der Waals surface area contributed by atoms with Gasteiger partial charge in [0.15, 0.2) is 0 Å². The highest BCUT2D eigenvalue weighted by atomic mass is 19.1. The molecule has 108 valence electrons. The SMILES string of the molecule is O=C(NCC(O)c1c(F)cccc1F)C1CC=CCC1. The predicted molar refractivity (Wildman–Crippen MR) is 70.8 cm³/mol. The minimum absolute atomic E-state index is 0.127. The van der Waals surface area contributed by atoms with Gasteiger partial charge in [-0.05, 0) is 31.4 Å². The highest BCUT2D eigenvalue weighted by Gasteiger charge is 2.22. The van der Waals surface area contributed by atoms with Crippen LogP contribution in [0.25, 0.3) is 0 Å². The number of halogens is 2. The molecule has 0 heterocycles. The van der Waals surface area contributed by atoms with Crippen LogP contribution in [0.4, 0.5) is 8.78 Å². The van der Waals surface area contributed by atoms with Gasteiger partial charge in [-0.2, -0.15) is 0 Å². The molecule has 0 saturated carbocycles. The second-order valence-electron chi connectivity index (χ2n) is 4.88. The van der Waals surface area contributed by atoms with Crippen LogP contribution in [-0.2, 0) is 4.79 Å². The van der Waals surface area contributed by atoms with E-state index >= 15 is 0 Å². The zero-order valence-corrected chi connectivity index (χ0v) is 11.0. The number of carbonyl (C=O) groups is 1. The van der Waals surface area contributed by atoms with Crippen LogP contribution in [0.15, 0.2) is 30.4 Å². The smallest absolute Gasteiger partial charge is 0.223 e. The van der Waals surface area contributed by atoms with Gasteiger partial charge in [0, 0.05) is 12.5 Å². The Balaban J connectivity index is 1.93. The quantitative estimate of drug-likeness (QED) is 0.833. The summed E-state index contributed by atoms with van der Waals surface area (Å²) in [7, 11) is 0. The number of hydrogen-bond acceptors (Lipinski definition) is 2. The molecule has 2 atom stereocenters. The summed E-state index contributed by atoms with van der Waals surface area (Å²) >= 11 is 0. The molecular formula is C15H17F2NO2. The maximum Gasteiger partial charge on any atom is 0.223 e. The minimum atomic E-state index is -1.39. The second kappa shape index (κ2) is 6.61. The van der Waals surface area contributed by atoms with E-state index in [-0.39, 0.29) is 18.4 Å². The molecule has 3 nitrogen and oxygen atoms in total. The van der Waals surface area contributed by atoms with Gasteiger partial charge in [0.2, 0.25) is 5.91 Å². The van der Waals surface area contributed by atoms with Crippen molar-refractivity contribution < 1.29 is 18.7 Å². The Bertz CT molecular complexity index is 496. The minimum Gasteiger partial charge on any atom is -0.386 e. The predicted octanol–water partition coefficient (Wildman–Crippen LogP) is 2.47. The van der Waals surface area contributed by atoms with Gasteiger partial charge in [-0.3, -0.25) is 4.79 Å². The van der Waals surface area contributed by atoms with E-state index in [0.717, 1.165) is 25.0 Å². The van der Waals surface area contributed by atoms with E-state index in [4.69, 9.17) is 0 Å². The molecule has 2 unspecified atom stereocenters. The van der Waals surface area contributed by atoms with Crippen molar-refractivity contribution in [3.63, 3.8) is 0 Å². The van der Waals surface area contributed by atoms with Crippen LogP contribution in [0, 0.1) is 17.6 Å². The molecule has 1 aromatic rings. The fourth-order valence-corrected chi connectivity index (χ4v) is 2.30. The Morgan fingerprint density at radius 3 is 2.65 bits per heavy atom. The summed E-state index contributed by atoms with van der Waals surface area (Å²) < 4.78 is 26.9. The van der Waals surface area contributed by atoms with Gasteiger partial charge in [0.05, 0.1) is 5.56 Å². The van der Waals surface area contributed by atoms with E-state index < -0.39 is 23.3 Å². The zero-order valence-electron chi connectivity index (χ0n) is 11.0. The number of benzene rings is 1. The summed E-state index contributed by atoms with van der Waals surface area (Å²) in [6, 6.07) is 3.39. The number of allylic oxidation sites excluding steroid dienone is 2. The van der Waals surface area contributed by atoms with Gasteiger partial charge in [0.1, 0.15) is 17.7 Å². The maximum absolute atomic E-state index is 13.5. The number of rotatable bonds is 4. The summed E-state index contributed by atoms with van der Waals surface area (Å²) in [5.41, 5.74) is -0.406. The summed E-state index contributed by atoms with van der Waals surface area (Å²) in [6.45, 7) is -0.198. The molecule has 2 rings (SSSR count). The highest BCUT2D eigenvalue weighted by molar-refractivity contribution is 5.79. The molecule has 0 fully saturated rings. The van der Waals surface area contributed by atoms with Crippen molar-refractivity contribution in [2.24, 2.45) is 5.92 Å². The first-order chi connectivity index (χ1) is 9.59. The number of aliphatic hydroxyl groups excluding tert-OH is 1. The highest BCUT2D eigenvalue weighted by Crippen LogP contribution is 2.21. The molecule has 5 heteroatoms. The number of amides is 1. The summed E-state index contributed by atoms with van der Waals surface area (Å²) in [5.74, 6) is -1.94. The molecule has 1 aliphatic carbocycles. The van der Waals surface area contributed by atoms with Crippen LogP contribution in [0.5, 0.6) is 0 Å². The molecule has 2 N–H and O–H groups in total. The van der Waals surface area contributed by atoms with Crippen LogP contribution < -0.4 is 5.32 Å². The molecule has 20 heavy (non-hydrogen) atoms. The lowest BCUT2D eigenvalue weighted by atomic mass is 9.93. The van der Waals surface area contributed by atoms with E-state index in [0.29, 0.717) is 6.42 Å². The number of aliphatic hydroxyl groups is 1. The summed E-state index contributed by atoms with van der Waals surface area (Å²) in [4.78, 5) is 11.9. The summed E-state index contributed by atoms with van der Waals surface area (Å²) in [5, 5.41) is 12.4. The molecule has 1 amide bonds. The van der Waals surface area contributed by atoms with Gasteiger partial charge in [0.25, 0.3) is 0 Å². The molecule has 0 aliphatic heterocycles. The lowest BCUT2D eigenvalue weighted by Gasteiger charge is -2.19. The molecule has 0 radical (unpaired) electrons. The van der Waals surface area contributed by atoms with Crippen molar-refractivity contribution >= 4 is 5.91 Å². The Labute approximate surface area is 116 Å². The Morgan fingerprint density at radius 1 is 1.35 bits per heavy atom. The van der Waals surface area contributed by atoms with E-state index in [9.17, 15) is 18.7 Å². The largest absolute Gasteiger partial charge is 0.386 e. The van der Waals surface area contributed by atoms with Crippen molar-refractivity contribution in [3.8, 4) is 0 Å². The van der Waals surface area contributed by atoms with Crippen molar-refractivity contribution in [3.05, 3.63) is 47.5 Å².